The summed E-state index contributed by atoms with van der Waals surface area (Å²) in [5.74, 6) is -0.816. The number of rotatable bonds is 68. The molecular weight excluding hydrogens is 961 g/mol. The first-order chi connectivity index (χ1) is 38.5. The summed E-state index contributed by atoms with van der Waals surface area (Å²) in [5, 5.41) is 0. The Morgan fingerprint density at radius 2 is 0.346 bits per heavy atom. The van der Waals surface area contributed by atoms with E-state index in [1.807, 2.05) is 0 Å². The van der Waals surface area contributed by atoms with Crippen LogP contribution in [-0.4, -0.2) is 37.2 Å². The Kier molecular flexibility index (Phi) is 66.5. The summed E-state index contributed by atoms with van der Waals surface area (Å²) in [5.41, 5.74) is 0. The number of hydrogen-bond donors (Lipinski definition) is 0. The molecule has 0 amide bonds. The van der Waals surface area contributed by atoms with Crippen molar-refractivity contribution in [2.45, 2.75) is 431 Å². The zero-order valence-corrected chi connectivity index (χ0v) is 53.5. The summed E-state index contributed by atoms with van der Waals surface area (Å²) < 4.78 is 17.0. The highest BCUT2D eigenvalue weighted by Crippen LogP contribution is 2.20. The van der Waals surface area contributed by atoms with Gasteiger partial charge in [0.15, 0.2) is 6.10 Å². The Bertz CT molecular complexity index is 1170. The summed E-state index contributed by atoms with van der Waals surface area (Å²) >= 11 is 0. The number of carbonyl (C=O) groups excluding carboxylic acids is 3. The van der Waals surface area contributed by atoms with Crippen LogP contribution in [0.4, 0.5) is 0 Å². The highest BCUT2D eigenvalue weighted by Gasteiger charge is 2.20. The van der Waals surface area contributed by atoms with Gasteiger partial charge >= 0.3 is 17.9 Å². The van der Waals surface area contributed by atoms with Gasteiger partial charge in [-0.25, -0.2) is 0 Å². The summed E-state index contributed by atoms with van der Waals surface area (Å²) in [6.45, 7) is 6.76. The minimum absolute atomic E-state index is 0.0599. The van der Waals surface area contributed by atoms with Crippen molar-refractivity contribution in [2.24, 2.45) is 0 Å². The predicted molar refractivity (Wildman–Crippen MR) is 340 cm³/mol. The van der Waals surface area contributed by atoms with Crippen LogP contribution in [0.15, 0.2) is 0 Å². The SMILES string of the molecule is CCCCCCCCCCCCCCCCCCCCCCCC(=O)OCC(COC(=O)CCCCCCCCCCCCCCCCCCCC)OC(=O)CCCCCCCCCCCCCCCCCCCCCCC. The molecule has 0 aromatic rings. The quantitative estimate of drug-likeness (QED) is 0.0343. The second-order valence-corrected chi connectivity index (χ2v) is 24.9. The van der Waals surface area contributed by atoms with Crippen LogP contribution in [0, 0.1) is 0 Å². The molecule has 0 aliphatic carbocycles. The van der Waals surface area contributed by atoms with Crippen molar-refractivity contribution in [3.05, 3.63) is 0 Å². The fourth-order valence-corrected chi connectivity index (χ4v) is 11.5. The first-order valence-corrected chi connectivity index (χ1v) is 36.0. The van der Waals surface area contributed by atoms with Crippen molar-refractivity contribution in [3.63, 3.8) is 0 Å². The maximum Gasteiger partial charge on any atom is 0.306 e. The second-order valence-electron chi connectivity index (χ2n) is 24.9. The van der Waals surface area contributed by atoms with Gasteiger partial charge in [0.25, 0.3) is 0 Å². The Balaban J connectivity index is 4.26. The zero-order chi connectivity index (χ0) is 56.4. The molecular formula is C72H140O6. The van der Waals surface area contributed by atoms with Gasteiger partial charge in [-0.1, -0.05) is 387 Å². The standard InChI is InChI=1S/C72H140O6/c1-4-7-10-13-16-19-22-25-28-31-34-36-38-41-44-47-50-53-56-59-62-65-71(74)77-68-69(67-76-70(73)64-61-58-55-52-49-46-43-40-33-30-27-24-21-18-15-12-9-6-3)78-72(75)66-63-60-57-54-51-48-45-42-39-37-35-32-29-26-23-20-17-14-11-8-5-2/h69H,4-68H2,1-3H3. The molecule has 0 heterocycles. The van der Waals surface area contributed by atoms with Crippen LogP contribution < -0.4 is 0 Å². The van der Waals surface area contributed by atoms with Crippen molar-refractivity contribution in [1.82, 2.24) is 0 Å². The lowest BCUT2D eigenvalue weighted by atomic mass is 10.0. The largest absolute Gasteiger partial charge is 0.462 e. The number of carbonyl (C=O) groups is 3. The van der Waals surface area contributed by atoms with Gasteiger partial charge in [-0.05, 0) is 19.3 Å². The van der Waals surface area contributed by atoms with Crippen molar-refractivity contribution in [2.75, 3.05) is 13.2 Å². The number of unbranched alkanes of at least 4 members (excludes halogenated alkanes) is 57. The minimum atomic E-state index is -0.764. The molecule has 6 nitrogen and oxygen atoms in total. The normalized spacial score (nSPS) is 11.9. The number of ether oxygens (including phenoxy) is 3. The molecule has 0 aromatic heterocycles. The van der Waals surface area contributed by atoms with Crippen molar-refractivity contribution in [3.8, 4) is 0 Å². The summed E-state index contributed by atoms with van der Waals surface area (Å²) in [4.78, 5) is 38.5. The van der Waals surface area contributed by atoms with Crippen LogP contribution in [0.2, 0.25) is 0 Å². The van der Waals surface area contributed by atoms with Crippen LogP contribution in [0.5, 0.6) is 0 Å². The fraction of sp³-hybridized carbons (Fsp3) is 0.958. The smallest absolute Gasteiger partial charge is 0.306 e. The number of esters is 3. The van der Waals surface area contributed by atoms with Gasteiger partial charge in [0.1, 0.15) is 13.2 Å². The van der Waals surface area contributed by atoms with E-state index >= 15 is 0 Å². The average Bonchev–Trinajstić information content (AvgIpc) is 3.44. The van der Waals surface area contributed by atoms with E-state index in [1.165, 1.54) is 327 Å². The molecule has 1 unspecified atom stereocenters. The third kappa shape index (κ3) is 65.2. The highest BCUT2D eigenvalue weighted by molar-refractivity contribution is 5.71. The first-order valence-electron chi connectivity index (χ1n) is 36.0. The Morgan fingerprint density at radius 1 is 0.205 bits per heavy atom. The lowest BCUT2D eigenvalue weighted by Gasteiger charge is -2.18. The average molecular weight is 1100 g/mol. The van der Waals surface area contributed by atoms with E-state index in [4.69, 9.17) is 14.2 Å². The lowest BCUT2D eigenvalue weighted by molar-refractivity contribution is -0.167. The molecule has 0 aliphatic rings. The van der Waals surface area contributed by atoms with Gasteiger partial charge in [-0.3, -0.25) is 14.4 Å². The maximum absolute atomic E-state index is 13.0. The minimum Gasteiger partial charge on any atom is -0.462 e. The van der Waals surface area contributed by atoms with Gasteiger partial charge < -0.3 is 14.2 Å². The van der Waals surface area contributed by atoms with Gasteiger partial charge in [0.05, 0.1) is 0 Å². The molecule has 6 heteroatoms. The predicted octanol–water partition coefficient (Wildman–Crippen LogP) is 24.6. The van der Waals surface area contributed by atoms with Gasteiger partial charge in [0.2, 0.25) is 0 Å². The Morgan fingerprint density at radius 3 is 0.513 bits per heavy atom. The van der Waals surface area contributed by atoms with Crippen LogP contribution in [0.1, 0.15) is 425 Å². The van der Waals surface area contributed by atoms with Gasteiger partial charge in [-0.15, -0.1) is 0 Å². The molecule has 0 N–H and O–H groups in total. The molecule has 1 atom stereocenters. The third-order valence-electron chi connectivity index (χ3n) is 16.9. The lowest BCUT2D eigenvalue weighted by Crippen LogP contribution is -2.30. The molecule has 0 radical (unpaired) electrons. The molecule has 0 fully saturated rings. The molecule has 0 aromatic carbocycles. The topological polar surface area (TPSA) is 78.9 Å². The van der Waals surface area contributed by atoms with E-state index in [0.717, 1.165) is 57.8 Å². The molecule has 0 saturated carbocycles. The monoisotopic (exact) mass is 1100 g/mol. The fourth-order valence-electron chi connectivity index (χ4n) is 11.5. The summed E-state index contributed by atoms with van der Waals surface area (Å²) in [6, 6.07) is 0. The van der Waals surface area contributed by atoms with E-state index < -0.39 is 6.10 Å². The molecule has 0 rings (SSSR count). The molecule has 78 heavy (non-hydrogen) atoms. The van der Waals surface area contributed by atoms with Crippen LogP contribution in [0.25, 0.3) is 0 Å². The zero-order valence-electron chi connectivity index (χ0n) is 53.5. The van der Waals surface area contributed by atoms with E-state index in [2.05, 4.69) is 20.8 Å². The van der Waals surface area contributed by atoms with Gasteiger partial charge in [0, 0.05) is 19.3 Å². The molecule has 464 valence electrons. The Hall–Kier alpha value is -1.59. The molecule has 0 saturated heterocycles. The van der Waals surface area contributed by atoms with Crippen molar-refractivity contribution >= 4 is 17.9 Å². The van der Waals surface area contributed by atoms with Crippen LogP contribution >= 0.6 is 0 Å². The van der Waals surface area contributed by atoms with E-state index in [-0.39, 0.29) is 31.1 Å². The first kappa shape index (κ1) is 76.4. The highest BCUT2D eigenvalue weighted by atomic mass is 16.6. The third-order valence-corrected chi connectivity index (χ3v) is 16.9. The number of hydrogen-bond acceptors (Lipinski definition) is 6. The Labute approximate surface area is 488 Å². The van der Waals surface area contributed by atoms with Crippen molar-refractivity contribution < 1.29 is 28.6 Å². The van der Waals surface area contributed by atoms with E-state index in [1.54, 1.807) is 0 Å². The van der Waals surface area contributed by atoms with E-state index in [9.17, 15) is 14.4 Å². The van der Waals surface area contributed by atoms with Crippen LogP contribution in [0.3, 0.4) is 0 Å². The molecule has 0 aliphatic heterocycles. The molecule has 0 bridgehead atoms. The second kappa shape index (κ2) is 67.9. The van der Waals surface area contributed by atoms with Crippen LogP contribution in [-0.2, 0) is 28.6 Å². The van der Waals surface area contributed by atoms with Crippen molar-refractivity contribution in [1.29, 1.82) is 0 Å². The maximum atomic E-state index is 13.0. The van der Waals surface area contributed by atoms with Gasteiger partial charge in [-0.2, -0.15) is 0 Å². The summed E-state index contributed by atoms with van der Waals surface area (Å²) in [6.07, 6.45) is 79.9. The molecule has 0 spiro atoms. The summed E-state index contributed by atoms with van der Waals surface area (Å²) in [7, 11) is 0. The van der Waals surface area contributed by atoms with E-state index in [0.29, 0.717) is 19.3 Å².